The van der Waals surface area contributed by atoms with Crippen LogP contribution in [0.15, 0.2) is 6.20 Å². The van der Waals surface area contributed by atoms with Crippen molar-refractivity contribution in [2.45, 2.75) is 20.4 Å². The van der Waals surface area contributed by atoms with E-state index < -0.39 is 5.97 Å². The average molecular weight is 209 g/mol. The first kappa shape index (κ1) is 11.5. The van der Waals surface area contributed by atoms with E-state index >= 15 is 0 Å². The van der Waals surface area contributed by atoms with Gasteiger partial charge in [-0.15, -0.1) is 0 Å². The second-order valence-electron chi connectivity index (χ2n) is 3.08. The van der Waals surface area contributed by atoms with Crippen molar-refractivity contribution in [2.24, 2.45) is 5.73 Å². The lowest BCUT2D eigenvalue weighted by Gasteiger charge is -2.11. The fourth-order valence-electron chi connectivity index (χ4n) is 1.26. The first-order valence-electron chi connectivity index (χ1n) is 4.72. The van der Waals surface area contributed by atoms with Crippen LogP contribution in [0.2, 0.25) is 0 Å². The van der Waals surface area contributed by atoms with Crippen LogP contribution >= 0.6 is 0 Å². The number of aryl methyl sites for hydroxylation is 1. The van der Waals surface area contributed by atoms with Gasteiger partial charge in [-0.3, -0.25) is 4.98 Å². The molecule has 1 aromatic rings. The Morgan fingerprint density at radius 1 is 1.60 bits per heavy atom. The van der Waals surface area contributed by atoms with Crippen molar-refractivity contribution < 1.29 is 9.53 Å². The van der Waals surface area contributed by atoms with Crippen LogP contribution in [0, 0.1) is 6.92 Å². The number of hydrogen-bond donors (Lipinski definition) is 2. The number of nitrogens with zero attached hydrogens (tertiary/aromatic N) is 1. The van der Waals surface area contributed by atoms with Gasteiger partial charge in [-0.1, -0.05) is 0 Å². The topological polar surface area (TPSA) is 91.2 Å². The maximum Gasteiger partial charge on any atom is 0.340 e. The predicted octanol–water partition coefficient (Wildman–Crippen LogP) is 0.608. The summed E-state index contributed by atoms with van der Waals surface area (Å²) >= 11 is 0. The smallest absolute Gasteiger partial charge is 0.340 e. The van der Waals surface area contributed by atoms with Crippen LogP contribution in [0.3, 0.4) is 0 Å². The minimum absolute atomic E-state index is 0.214. The Balaban J connectivity index is 3.23. The Morgan fingerprint density at radius 3 is 2.80 bits per heavy atom. The molecule has 0 aliphatic rings. The summed E-state index contributed by atoms with van der Waals surface area (Å²) in [5.74, 6) is -0.444. The quantitative estimate of drug-likeness (QED) is 0.711. The second-order valence-corrected chi connectivity index (χ2v) is 3.08. The van der Waals surface area contributed by atoms with Crippen LogP contribution in [0.5, 0.6) is 0 Å². The number of anilines is 1. The summed E-state index contributed by atoms with van der Waals surface area (Å²) < 4.78 is 4.90. The van der Waals surface area contributed by atoms with Crippen molar-refractivity contribution in [3.63, 3.8) is 0 Å². The summed E-state index contributed by atoms with van der Waals surface area (Å²) in [5, 5.41) is 0. The minimum atomic E-state index is -0.444. The number of pyridine rings is 1. The normalized spacial score (nSPS) is 10.1. The fraction of sp³-hybridized carbons (Fsp3) is 0.400. The summed E-state index contributed by atoms with van der Waals surface area (Å²) in [6.45, 7) is 4.00. The first-order valence-corrected chi connectivity index (χ1v) is 4.72. The van der Waals surface area contributed by atoms with Gasteiger partial charge in [0.2, 0.25) is 0 Å². The molecule has 1 rings (SSSR count). The van der Waals surface area contributed by atoms with Crippen molar-refractivity contribution in [1.29, 1.82) is 0 Å². The van der Waals surface area contributed by atoms with E-state index in [9.17, 15) is 4.79 Å². The van der Waals surface area contributed by atoms with E-state index in [1.807, 2.05) is 0 Å². The molecular weight excluding hydrogens is 194 g/mol. The Kier molecular flexibility index (Phi) is 3.62. The van der Waals surface area contributed by atoms with Crippen molar-refractivity contribution in [3.8, 4) is 0 Å². The molecule has 0 aromatic carbocycles. The van der Waals surface area contributed by atoms with E-state index in [1.54, 1.807) is 20.0 Å². The third-order valence-corrected chi connectivity index (χ3v) is 2.09. The second kappa shape index (κ2) is 4.75. The van der Waals surface area contributed by atoms with Gasteiger partial charge in [-0.05, 0) is 13.8 Å². The van der Waals surface area contributed by atoms with Crippen molar-refractivity contribution in [2.75, 3.05) is 12.3 Å². The monoisotopic (exact) mass is 209 g/mol. The van der Waals surface area contributed by atoms with Crippen molar-refractivity contribution >= 4 is 11.7 Å². The highest BCUT2D eigenvalue weighted by Crippen LogP contribution is 2.20. The van der Waals surface area contributed by atoms with Crippen molar-refractivity contribution in [3.05, 3.63) is 23.0 Å². The number of carbonyl (C=O) groups excluding carboxylic acids is 1. The molecule has 0 saturated heterocycles. The number of hydrogen-bond acceptors (Lipinski definition) is 5. The predicted molar refractivity (Wildman–Crippen MR) is 57.2 cm³/mol. The van der Waals surface area contributed by atoms with Crippen LogP contribution < -0.4 is 11.5 Å². The minimum Gasteiger partial charge on any atom is -0.462 e. The molecule has 0 saturated carbocycles. The van der Waals surface area contributed by atoms with Crippen LogP contribution in [0.1, 0.15) is 28.5 Å². The molecule has 0 unspecified atom stereocenters. The standard InChI is InChI=1S/C10H15N3O2/c1-3-15-10(14)8-7(4-11)5-13-6(2)9(8)12/h5H,3-4,11-12H2,1-2H3. The highest BCUT2D eigenvalue weighted by Gasteiger charge is 2.17. The summed E-state index contributed by atoms with van der Waals surface area (Å²) in [4.78, 5) is 15.7. The molecule has 0 radical (unpaired) electrons. The molecule has 0 bridgehead atoms. The molecule has 82 valence electrons. The molecule has 0 aliphatic carbocycles. The molecule has 0 fully saturated rings. The zero-order valence-electron chi connectivity index (χ0n) is 8.91. The zero-order chi connectivity index (χ0) is 11.4. The number of ether oxygens (including phenoxy) is 1. The highest BCUT2D eigenvalue weighted by molar-refractivity contribution is 5.97. The molecule has 0 aliphatic heterocycles. The maximum absolute atomic E-state index is 11.6. The Morgan fingerprint density at radius 2 is 2.27 bits per heavy atom. The lowest BCUT2D eigenvalue weighted by atomic mass is 10.1. The molecule has 4 N–H and O–H groups in total. The molecule has 0 atom stereocenters. The summed E-state index contributed by atoms with van der Waals surface area (Å²) in [6.07, 6.45) is 1.55. The Hall–Kier alpha value is -1.62. The highest BCUT2D eigenvalue weighted by atomic mass is 16.5. The third-order valence-electron chi connectivity index (χ3n) is 2.09. The number of esters is 1. The van der Waals surface area contributed by atoms with Gasteiger partial charge >= 0.3 is 5.97 Å². The molecule has 0 amide bonds. The van der Waals surface area contributed by atoms with Gasteiger partial charge in [0.05, 0.1) is 23.6 Å². The van der Waals surface area contributed by atoms with E-state index in [2.05, 4.69) is 4.98 Å². The van der Waals surface area contributed by atoms with E-state index in [0.717, 1.165) is 0 Å². The van der Waals surface area contributed by atoms with Gasteiger partial charge in [0.1, 0.15) is 0 Å². The number of nitrogen functional groups attached to an aromatic ring is 1. The molecule has 15 heavy (non-hydrogen) atoms. The third kappa shape index (κ3) is 2.24. The SMILES string of the molecule is CCOC(=O)c1c(CN)cnc(C)c1N. The molecule has 5 heteroatoms. The molecule has 1 heterocycles. The Bertz CT molecular complexity index is 377. The van der Waals surface area contributed by atoms with Gasteiger partial charge in [-0.2, -0.15) is 0 Å². The largest absolute Gasteiger partial charge is 0.462 e. The molecular formula is C10H15N3O2. The van der Waals surface area contributed by atoms with Gasteiger partial charge in [0.15, 0.2) is 0 Å². The van der Waals surface area contributed by atoms with Gasteiger partial charge in [-0.25, -0.2) is 4.79 Å². The number of aromatic nitrogens is 1. The summed E-state index contributed by atoms with van der Waals surface area (Å²) in [7, 11) is 0. The Labute approximate surface area is 88.4 Å². The van der Waals surface area contributed by atoms with Gasteiger partial charge < -0.3 is 16.2 Å². The molecule has 1 aromatic heterocycles. The zero-order valence-corrected chi connectivity index (χ0v) is 8.91. The van der Waals surface area contributed by atoms with Crippen LogP contribution in [-0.4, -0.2) is 17.6 Å². The number of rotatable bonds is 3. The van der Waals surface area contributed by atoms with Gasteiger partial charge in [0.25, 0.3) is 0 Å². The summed E-state index contributed by atoms with van der Waals surface area (Å²) in [6, 6.07) is 0. The van der Waals surface area contributed by atoms with Crippen LogP contribution in [-0.2, 0) is 11.3 Å². The maximum atomic E-state index is 11.6. The summed E-state index contributed by atoms with van der Waals surface area (Å²) in [5.41, 5.74) is 13.2. The lowest BCUT2D eigenvalue weighted by molar-refractivity contribution is 0.0526. The average Bonchev–Trinajstić information content (AvgIpc) is 2.22. The van der Waals surface area contributed by atoms with E-state index in [0.29, 0.717) is 29.1 Å². The van der Waals surface area contributed by atoms with E-state index in [4.69, 9.17) is 16.2 Å². The van der Waals surface area contributed by atoms with Crippen molar-refractivity contribution in [1.82, 2.24) is 4.98 Å². The van der Waals surface area contributed by atoms with E-state index in [-0.39, 0.29) is 6.54 Å². The number of nitrogens with two attached hydrogens (primary N) is 2. The first-order chi connectivity index (χ1) is 7.11. The van der Waals surface area contributed by atoms with Crippen LogP contribution in [0.25, 0.3) is 0 Å². The lowest BCUT2D eigenvalue weighted by Crippen LogP contribution is -2.15. The van der Waals surface area contributed by atoms with Gasteiger partial charge in [0, 0.05) is 18.3 Å². The van der Waals surface area contributed by atoms with E-state index in [1.165, 1.54) is 0 Å². The molecule has 0 spiro atoms. The molecule has 5 nitrogen and oxygen atoms in total. The van der Waals surface area contributed by atoms with Crippen LogP contribution in [0.4, 0.5) is 5.69 Å². The number of carbonyl (C=O) groups is 1. The fourth-order valence-corrected chi connectivity index (χ4v) is 1.26.